The number of nitrogens with zero attached hydrogens (tertiary/aromatic N) is 1. The summed E-state index contributed by atoms with van der Waals surface area (Å²) in [5, 5.41) is 3.75. The molecule has 4 heteroatoms. The van der Waals surface area contributed by atoms with Crippen molar-refractivity contribution in [2.75, 3.05) is 19.6 Å². The molecule has 4 nitrogen and oxygen atoms in total. The fourth-order valence-corrected chi connectivity index (χ4v) is 3.65. The van der Waals surface area contributed by atoms with Gasteiger partial charge in [0.15, 0.2) is 0 Å². The molecule has 0 aromatic rings. The number of carbonyl (C=O) groups is 1. The van der Waals surface area contributed by atoms with E-state index in [9.17, 15) is 4.79 Å². The quantitative estimate of drug-likeness (QED) is 0.858. The van der Waals surface area contributed by atoms with Gasteiger partial charge in [-0.2, -0.15) is 0 Å². The van der Waals surface area contributed by atoms with Crippen LogP contribution in [0.2, 0.25) is 0 Å². The number of carbonyl (C=O) groups excluding carboxylic acids is 1. The topological polar surface area (TPSA) is 41.6 Å². The van der Waals surface area contributed by atoms with Gasteiger partial charge >= 0.3 is 6.09 Å². The predicted molar refractivity (Wildman–Crippen MR) is 90.0 cm³/mol. The van der Waals surface area contributed by atoms with Crippen molar-refractivity contribution >= 4 is 6.09 Å². The van der Waals surface area contributed by atoms with Crippen LogP contribution in [0.4, 0.5) is 4.79 Å². The molecule has 0 aromatic carbocycles. The maximum absolute atomic E-state index is 12.1. The van der Waals surface area contributed by atoms with E-state index in [-0.39, 0.29) is 6.09 Å². The first-order valence-electron chi connectivity index (χ1n) is 9.06. The fraction of sp³-hybridized carbons (Fsp3) is 0.944. The van der Waals surface area contributed by atoms with E-state index in [2.05, 4.69) is 12.2 Å². The first kappa shape index (κ1) is 17.6. The Kier molecular flexibility index (Phi) is 6.13. The first-order valence-corrected chi connectivity index (χ1v) is 9.06. The minimum Gasteiger partial charge on any atom is -0.444 e. The summed E-state index contributed by atoms with van der Waals surface area (Å²) in [6, 6.07) is 0.706. The zero-order valence-corrected chi connectivity index (χ0v) is 14.9. The monoisotopic (exact) mass is 310 g/mol. The van der Waals surface area contributed by atoms with E-state index in [4.69, 9.17) is 4.74 Å². The number of ether oxygens (including phenoxy) is 1. The Morgan fingerprint density at radius 2 is 1.95 bits per heavy atom. The summed E-state index contributed by atoms with van der Waals surface area (Å²) >= 11 is 0. The number of rotatable bonds is 4. The molecular formula is C18H34N2O2. The SMILES string of the molecule is CC1CCCCC1NCCC1CCN(C(=O)OC(C)(C)C)C1. The van der Waals surface area contributed by atoms with Crippen molar-refractivity contribution < 1.29 is 9.53 Å². The zero-order chi connectivity index (χ0) is 16.2. The van der Waals surface area contributed by atoms with Crippen molar-refractivity contribution in [3.05, 3.63) is 0 Å². The second-order valence-electron chi connectivity index (χ2n) is 8.19. The fourth-order valence-electron chi connectivity index (χ4n) is 3.65. The summed E-state index contributed by atoms with van der Waals surface area (Å²) in [4.78, 5) is 13.9. The molecule has 128 valence electrons. The third-order valence-electron chi connectivity index (χ3n) is 5.01. The summed E-state index contributed by atoms with van der Waals surface area (Å²) < 4.78 is 5.46. The Balaban J connectivity index is 1.65. The molecule has 1 heterocycles. The molecule has 2 fully saturated rings. The third kappa shape index (κ3) is 5.45. The van der Waals surface area contributed by atoms with Crippen molar-refractivity contribution in [1.29, 1.82) is 0 Å². The van der Waals surface area contributed by atoms with Gasteiger partial charge in [-0.05, 0) is 64.8 Å². The van der Waals surface area contributed by atoms with Crippen LogP contribution < -0.4 is 5.32 Å². The lowest BCUT2D eigenvalue weighted by molar-refractivity contribution is 0.0287. The molecule has 2 aliphatic rings. The van der Waals surface area contributed by atoms with Gasteiger partial charge in [0.05, 0.1) is 0 Å². The minimum atomic E-state index is -0.395. The lowest BCUT2D eigenvalue weighted by Gasteiger charge is -2.30. The Bertz CT molecular complexity index is 365. The van der Waals surface area contributed by atoms with Crippen LogP contribution in [0, 0.1) is 11.8 Å². The maximum atomic E-state index is 12.1. The van der Waals surface area contributed by atoms with Gasteiger partial charge in [0.1, 0.15) is 5.60 Å². The zero-order valence-electron chi connectivity index (χ0n) is 14.9. The predicted octanol–water partition coefficient (Wildman–Crippen LogP) is 3.80. The van der Waals surface area contributed by atoms with Crippen LogP contribution in [-0.4, -0.2) is 42.3 Å². The highest BCUT2D eigenvalue weighted by Crippen LogP contribution is 2.25. The molecule has 1 aliphatic heterocycles. The van der Waals surface area contributed by atoms with Crippen LogP contribution in [0.5, 0.6) is 0 Å². The van der Waals surface area contributed by atoms with Gasteiger partial charge in [-0.15, -0.1) is 0 Å². The highest BCUT2D eigenvalue weighted by molar-refractivity contribution is 5.68. The number of hydrogen-bond acceptors (Lipinski definition) is 3. The molecule has 2 rings (SSSR count). The second kappa shape index (κ2) is 7.67. The molecule has 1 N–H and O–H groups in total. The van der Waals surface area contributed by atoms with Crippen LogP contribution in [0.3, 0.4) is 0 Å². The number of likely N-dealkylation sites (tertiary alicyclic amines) is 1. The summed E-state index contributed by atoms with van der Waals surface area (Å²) in [5.41, 5.74) is -0.395. The minimum absolute atomic E-state index is 0.149. The van der Waals surface area contributed by atoms with E-state index >= 15 is 0 Å². The molecule has 1 aliphatic carbocycles. The molecule has 3 unspecified atom stereocenters. The summed E-state index contributed by atoms with van der Waals surface area (Å²) in [6.45, 7) is 10.9. The highest BCUT2D eigenvalue weighted by atomic mass is 16.6. The van der Waals surface area contributed by atoms with Gasteiger partial charge in [0.25, 0.3) is 0 Å². The Morgan fingerprint density at radius 3 is 2.64 bits per heavy atom. The molecular weight excluding hydrogens is 276 g/mol. The molecule has 1 saturated heterocycles. The Morgan fingerprint density at radius 1 is 1.23 bits per heavy atom. The average molecular weight is 310 g/mol. The van der Waals surface area contributed by atoms with Gasteiger partial charge in [0, 0.05) is 19.1 Å². The van der Waals surface area contributed by atoms with Gasteiger partial charge < -0.3 is 15.0 Å². The smallest absolute Gasteiger partial charge is 0.410 e. The lowest BCUT2D eigenvalue weighted by atomic mass is 9.86. The van der Waals surface area contributed by atoms with Crippen LogP contribution in [0.25, 0.3) is 0 Å². The van der Waals surface area contributed by atoms with E-state index in [0.717, 1.165) is 32.0 Å². The van der Waals surface area contributed by atoms with Crippen molar-refractivity contribution in [3.8, 4) is 0 Å². The van der Waals surface area contributed by atoms with Gasteiger partial charge in [0.2, 0.25) is 0 Å². The summed E-state index contributed by atoms with van der Waals surface area (Å²) in [6.07, 6.45) is 7.60. The van der Waals surface area contributed by atoms with E-state index in [1.54, 1.807) is 0 Å². The van der Waals surface area contributed by atoms with E-state index in [1.807, 2.05) is 25.7 Å². The number of nitrogens with one attached hydrogen (secondary N) is 1. The molecule has 0 radical (unpaired) electrons. The standard InChI is InChI=1S/C18H34N2O2/c1-14-7-5-6-8-16(14)19-11-9-15-10-12-20(13-15)17(21)22-18(2,3)4/h14-16,19H,5-13H2,1-4H3. The van der Waals surface area contributed by atoms with Gasteiger partial charge in [-0.25, -0.2) is 4.79 Å². The summed E-state index contributed by atoms with van der Waals surface area (Å²) in [7, 11) is 0. The molecule has 0 bridgehead atoms. The molecule has 22 heavy (non-hydrogen) atoms. The van der Waals surface area contributed by atoms with Gasteiger partial charge in [-0.3, -0.25) is 0 Å². The van der Waals surface area contributed by atoms with E-state index < -0.39 is 5.60 Å². The van der Waals surface area contributed by atoms with Crippen LogP contribution in [-0.2, 0) is 4.74 Å². The Labute approximate surface area is 136 Å². The van der Waals surface area contributed by atoms with Crippen molar-refractivity contribution in [2.24, 2.45) is 11.8 Å². The largest absolute Gasteiger partial charge is 0.444 e. The highest BCUT2D eigenvalue weighted by Gasteiger charge is 2.29. The average Bonchev–Trinajstić information content (AvgIpc) is 2.88. The Hall–Kier alpha value is -0.770. The van der Waals surface area contributed by atoms with Crippen LogP contribution >= 0.6 is 0 Å². The molecule has 1 saturated carbocycles. The normalized spacial score (nSPS) is 29.6. The third-order valence-corrected chi connectivity index (χ3v) is 5.01. The van der Waals surface area contributed by atoms with E-state index in [1.165, 1.54) is 32.1 Å². The first-order chi connectivity index (χ1) is 10.3. The molecule has 3 atom stereocenters. The number of amides is 1. The van der Waals surface area contributed by atoms with Crippen molar-refractivity contribution in [1.82, 2.24) is 10.2 Å². The molecule has 0 spiro atoms. The van der Waals surface area contributed by atoms with Crippen LogP contribution in [0.1, 0.15) is 66.2 Å². The van der Waals surface area contributed by atoms with Crippen LogP contribution in [0.15, 0.2) is 0 Å². The maximum Gasteiger partial charge on any atom is 0.410 e. The molecule has 1 amide bonds. The lowest BCUT2D eigenvalue weighted by Crippen LogP contribution is -2.38. The van der Waals surface area contributed by atoms with Crippen molar-refractivity contribution in [2.45, 2.75) is 77.9 Å². The second-order valence-corrected chi connectivity index (χ2v) is 8.19. The van der Waals surface area contributed by atoms with Gasteiger partial charge in [-0.1, -0.05) is 19.8 Å². The van der Waals surface area contributed by atoms with Crippen molar-refractivity contribution in [3.63, 3.8) is 0 Å². The van der Waals surface area contributed by atoms with E-state index in [0.29, 0.717) is 12.0 Å². The molecule has 0 aromatic heterocycles. The number of hydrogen-bond donors (Lipinski definition) is 1. The summed E-state index contributed by atoms with van der Waals surface area (Å²) in [5.74, 6) is 1.44.